The number of hydrogen-bond donors (Lipinski definition) is 1. The lowest BCUT2D eigenvalue weighted by atomic mass is 10.1. The van der Waals surface area contributed by atoms with Crippen LogP contribution in [-0.4, -0.2) is 62.1 Å². The Kier molecular flexibility index (Phi) is 5.48. The number of nitrogens with one attached hydrogen (secondary N) is 1. The summed E-state index contributed by atoms with van der Waals surface area (Å²) >= 11 is 0. The number of nitrogens with zero attached hydrogens (tertiary/aromatic N) is 2. The van der Waals surface area contributed by atoms with Gasteiger partial charge in [-0.15, -0.1) is 0 Å². The molecular weight excluding hydrogens is 306 g/mol. The zero-order valence-electron chi connectivity index (χ0n) is 14.2. The van der Waals surface area contributed by atoms with Gasteiger partial charge in [-0.3, -0.25) is 14.5 Å². The Morgan fingerprint density at radius 1 is 1.33 bits per heavy atom. The molecule has 1 aromatic rings. The van der Waals surface area contributed by atoms with Gasteiger partial charge in [0.1, 0.15) is 0 Å². The highest BCUT2D eigenvalue weighted by Gasteiger charge is 2.27. The molecule has 0 saturated carbocycles. The van der Waals surface area contributed by atoms with E-state index in [-0.39, 0.29) is 31.0 Å². The lowest BCUT2D eigenvalue weighted by Gasteiger charge is -2.34. The van der Waals surface area contributed by atoms with Crippen molar-refractivity contribution in [3.63, 3.8) is 0 Å². The van der Waals surface area contributed by atoms with Gasteiger partial charge in [-0.25, -0.2) is 0 Å². The second kappa shape index (κ2) is 7.77. The van der Waals surface area contributed by atoms with Gasteiger partial charge in [0, 0.05) is 31.9 Å². The van der Waals surface area contributed by atoms with Crippen LogP contribution in [0, 0.1) is 6.92 Å². The first-order chi connectivity index (χ1) is 11.6. The van der Waals surface area contributed by atoms with Gasteiger partial charge in [0.15, 0.2) is 0 Å². The average molecular weight is 331 g/mol. The fraction of sp³-hybridized carbons (Fsp3) is 0.556. The normalized spacial score (nSPS) is 22.0. The van der Waals surface area contributed by atoms with Crippen LogP contribution < -0.4 is 10.2 Å². The van der Waals surface area contributed by atoms with Crippen molar-refractivity contribution < 1.29 is 14.3 Å². The molecule has 2 heterocycles. The molecule has 6 heteroatoms. The smallest absolute Gasteiger partial charge is 0.241 e. The van der Waals surface area contributed by atoms with Gasteiger partial charge in [-0.2, -0.15) is 0 Å². The van der Waals surface area contributed by atoms with Crippen LogP contribution in [0.4, 0.5) is 5.69 Å². The van der Waals surface area contributed by atoms with Crippen molar-refractivity contribution in [1.82, 2.24) is 10.2 Å². The summed E-state index contributed by atoms with van der Waals surface area (Å²) in [4.78, 5) is 28.2. The maximum Gasteiger partial charge on any atom is 0.241 e. The Labute approximate surface area is 142 Å². The highest BCUT2D eigenvalue weighted by atomic mass is 16.5. The summed E-state index contributed by atoms with van der Waals surface area (Å²) < 4.78 is 5.50. The molecule has 6 nitrogen and oxygen atoms in total. The zero-order chi connectivity index (χ0) is 16.9. The summed E-state index contributed by atoms with van der Waals surface area (Å²) in [5.74, 6) is 0.00474. The molecule has 130 valence electrons. The van der Waals surface area contributed by atoms with Gasteiger partial charge >= 0.3 is 0 Å². The quantitative estimate of drug-likeness (QED) is 0.872. The monoisotopic (exact) mass is 331 g/mol. The van der Waals surface area contributed by atoms with Crippen molar-refractivity contribution in [2.75, 3.05) is 44.2 Å². The predicted molar refractivity (Wildman–Crippen MR) is 92.0 cm³/mol. The molecule has 2 aliphatic rings. The van der Waals surface area contributed by atoms with E-state index < -0.39 is 0 Å². The van der Waals surface area contributed by atoms with E-state index in [1.54, 1.807) is 0 Å². The van der Waals surface area contributed by atoms with Crippen LogP contribution in [0.25, 0.3) is 0 Å². The number of rotatable bonds is 5. The maximum absolute atomic E-state index is 12.4. The van der Waals surface area contributed by atoms with E-state index in [9.17, 15) is 9.59 Å². The Hall–Kier alpha value is -1.92. The van der Waals surface area contributed by atoms with Crippen LogP contribution in [0.1, 0.15) is 18.4 Å². The number of para-hydroxylation sites is 1. The van der Waals surface area contributed by atoms with Crippen molar-refractivity contribution in [3.05, 3.63) is 29.8 Å². The summed E-state index contributed by atoms with van der Waals surface area (Å²) in [6, 6.07) is 7.89. The largest absolute Gasteiger partial charge is 0.376 e. The summed E-state index contributed by atoms with van der Waals surface area (Å²) in [5, 5.41) is 2.91. The van der Waals surface area contributed by atoms with Crippen LogP contribution in [0.2, 0.25) is 0 Å². The number of hydrogen-bond acceptors (Lipinski definition) is 4. The van der Waals surface area contributed by atoms with Gasteiger partial charge in [0.2, 0.25) is 11.8 Å². The standard InChI is InChI=1S/C18H25N3O3/c1-14-5-2-3-7-16(14)21-9-8-20(13-18(21)23)12-17(22)19-11-15-6-4-10-24-15/h2-3,5,7,15H,4,6,8-13H2,1H3,(H,19,22)/t15-/m1/s1. The number of carbonyl (C=O) groups excluding carboxylic acids is 2. The first-order valence-corrected chi connectivity index (χ1v) is 8.60. The van der Waals surface area contributed by atoms with Gasteiger partial charge in [-0.05, 0) is 31.4 Å². The Morgan fingerprint density at radius 2 is 2.17 bits per heavy atom. The molecule has 2 aliphatic heterocycles. The van der Waals surface area contributed by atoms with Crippen molar-refractivity contribution in [1.29, 1.82) is 0 Å². The minimum absolute atomic E-state index is 0.0392. The molecule has 0 bridgehead atoms. The van der Waals surface area contributed by atoms with E-state index in [0.29, 0.717) is 19.6 Å². The number of ether oxygens (including phenoxy) is 1. The minimum atomic E-state index is -0.0392. The predicted octanol–water partition coefficient (Wildman–Crippen LogP) is 0.939. The number of anilines is 1. The Morgan fingerprint density at radius 3 is 2.88 bits per heavy atom. The first-order valence-electron chi connectivity index (χ1n) is 8.60. The zero-order valence-corrected chi connectivity index (χ0v) is 14.2. The van der Waals surface area contributed by atoms with E-state index in [4.69, 9.17) is 4.74 Å². The highest BCUT2D eigenvalue weighted by Crippen LogP contribution is 2.21. The van der Waals surface area contributed by atoms with Crippen LogP contribution in [0.3, 0.4) is 0 Å². The lowest BCUT2D eigenvalue weighted by molar-refractivity contribution is -0.125. The van der Waals surface area contributed by atoms with E-state index in [1.807, 2.05) is 41.0 Å². The average Bonchev–Trinajstić information content (AvgIpc) is 3.08. The molecule has 3 rings (SSSR count). The molecule has 0 aliphatic carbocycles. The number of piperazine rings is 1. The fourth-order valence-corrected chi connectivity index (χ4v) is 3.27. The van der Waals surface area contributed by atoms with E-state index in [2.05, 4.69) is 5.32 Å². The van der Waals surface area contributed by atoms with Crippen LogP contribution in [-0.2, 0) is 14.3 Å². The molecule has 2 fully saturated rings. The van der Waals surface area contributed by atoms with Gasteiger partial charge < -0.3 is 15.0 Å². The van der Waals surface area contributed by atoms with E-state index in [1.165, 1.54) is 0 Å². The van der Waals surface area contributed by atoms with Gasteiger partial charge in [0.25, 0.3) is 0 Å². The van der Waals surface area contributed by atoms with Crippen molar-refractivity contribution in [3.8, 4) is 0 Å². The Balaban J connectivity index is 1.47. The minimum Gasteiger partial charge on any atom is -0.376 e. The molecule has 2 saturated heterocycles. The summed E-state index contributed by atoms with van der Waals surface area (Å²) in [7, 11) is 0. The number of carbonyl (C=O) groups is 2. The fourth-order valence-electron chi connectivity index (χ4n) is 3.27. The lowest BCUT2D eigenvalue weighted by Crippen LogP contribution is -2.53. The molecule has 0 aromatic heterocycles. The van der Waals surface area contributed by atoms with E-state index >= 15 is 0 Å². The molecule has 1 atom stereocenters. The second-order valence-corrected chi connectivity index (χ2v) is 6.48. The molecule has 2 amide bonds. The molecule has 0 spiro atoms. The van der Waals surface area contributed by atoms with E-state index in [0.717, 1.165) is 30.7 Å². The van der Waals surface area contributed by atoms with Crippen molar-refractivity contribution in [2.24, 2.45) is 0 Å². The molecule has 0 radical (unpaired) electrons. The van der Waals surface area contributed by atoms with Crippen LogP contribution in [0.15, 0.2) is 24.3 Å². The molecule has 1 N–H and O–H groups in total. The molecule has 24 heavy (non-hydrogen) atoms. The second-order valence-electron chi connectivity index (χ2n) is 6.48. The number of benzene rings is 1. The van der Waals surface area contributed by atoms with Gasteiger partial charge in [0.05, 0.1) is 19.2 Å². The molecular formula is C18H25N3O3. The third-order valence-corrected chi connectivity index (χ3v) is 4.62. The Bertz CT molecular complexity index is 599. The van der Waals surface area contributed by atoms with Crippen molar-refractivity contribution >= 4 is 17.5 Å². The topological polar surface area (TPSA) is 61.9 Å². The third-order valence-electron chi connectivity index (χ3n) is 4.62. The summed E-state index contributed by atoms with van der Waals surface area (Å²) in [6.07, 6.45) is 2.22. The highest BCUT2D eigenvalue weighted by molar-refractivity contribution is 5.96. The SMILES string of the molecule is Cc1ccccc1N1CCN(CC(=O)NC[C@H]2CCCO2)CC1=O. The first kappa shape index (κ1) is 16.9. The summed E-state index contributed by atoms with van der Waals surface area (Å²) in [5.41, 5.74) is 2.05. The number of amides is 2. The maximum atomic E-state index is 12.4. The van der Waals surface area contributed by atoms with Crippen LogP contribution in [0.5, 0.6) is 0 Å². The van der Waals surface area contributed by atoms with Crippen molar-refractivity contribution in [2.45, 2.75) is 25.9 Å². The molecule has 0 unspecified atom stereocenters. The third kappa shape index (κ3) is 4.13. The summed E-state index contributed by atoms with van der Waals surface area (Å²) in [6.45, 7) is 5.22. The van der Waals surface area contributed by atoms with Gasteiger partial charge in [-0.1, -0.05) is 18.2 Å². The van der Waals surface area contributed by atoms with Crippen LogP contribution >= 0.6 is 0 Å². The molecule has 1 aromatic carbocycles. The number of aryl methyl sites for hydroxylation is 1.